The molecule has 0 aliphatic rings. The molecule has 0 N–H and O–H groups in total. The van der Waals surface area contributed by atoms with Crippen LogP contribution in [0.25, 0.3) is 11.0 Å². The van der Waals surface area contributed by atoms with Crippen LogP contribution in [0.3, 0.4) is 0 Å². The van der Waals surface area contributed by atoms with Crippen LogP contribution in [0.4, 0.5) is 13.2 Å². The average Bonchev–Trinajstić information content (AvgIpc) is 2.68. The summed E-state index contributed by atoms with van der Waals surface area (Å²) in [4.78, 5) is 24.4. The molecular weight excluding hydrogens is 485 g/mol. The molecule has 10 heteroatoms. The second-order valence-electron chi connectivity index (χ2n) is 6.60. The quantitative estimate of drug-likeness (QED) is 0.404. The van der Waals surface area contributed by atoms with Crippen molar-refractivity contribution in [1.29, 1.82) is 0 Å². The van der Waals surface area contributed by atoms with E-state index in [1.54, 1.807) is 32.0 Å². The molecule has 0 radical (unpaired) electrons. The van der Waals surface area contributed by atoms with E-state index in [-0.39, 0.29) is 28.6 Å². The molecule has 164 valence electrons. The third-order valence-electron chi connectivity index (χ3n) is 3.85. The number of ether oxygens (including phenoxy) is 3. The lowest BCUT2D eigenvalue weighted by molar-refractivity contribution is -0.154. The van der Waals surface area contributed by atoms with Gasteiger partial charge in [0, 0.05) is 6.07 Å². The first-order valence-electron chi connectivity index (χ1n) is 8.99. The lowest BCUT2D eigenvalue weighted by Gasteiger charge is -2.14. The fourth-order valence-electron chi connectivity index (χ4n) is 2.60. The van der Waals surface area contributed by atoms with Gasteiger partial charge in [-0.2, -0.15) is 13.2 Å². The van der Waals surface area contributed by atoms with Crippen LogP contribution in [0, 0.1) is 0 Å². The smallest absolute Gasteiger partial charge is 0.453 e. The van der Waals surface area contributed by atoms with Gasteiger partial charge in [-0.05, 0) is 54.0 Å². The third kappa shape index (κ3) is 5.38. The highest BCUT2D eigenvalue weighted by atomic mass is 79.9. The fraction of sp³-hybridized carbons (Fsp3) is 0.238. The number of halogens is 4. The molecule has 3 aromatic rings. The molecular formula is C21H16BrF3O6. The molecule has 0 spiro atoms. The first kappa shape index (κ1) is 22.7. The summed E-state index contributed by atoms with van der Waals surface area (Å²) in [7, 11) is 0. The second-order valence-corrected chi connectivity index (χ2v) is 7.46. The lowest BCUT2D eigenvalue weighted by atomic mass is 10.2. The number of para-hydroxylation sites is 1. The van der Waals surface area contributed by atoms with Gasteiger partial charge in [-0.3, -0.25) is 4.79 Å². The molecule has 0 amide bonds. The van der Waals surface area contributed by atoms with E-state index in [0.717, 1.165) is 6.07 Å². The minimum Gasteiger partial charge on any atom is -0.482 e. The zero-order chi connectivity index (χ0) is 22.8. The Hall–Kier alpha value is -3.01. The van der Waals surface area contributed by atoms with E-state index < -0.39 is 35.7 Å². The van der Waals surface area contributed by atoms with Crippen LogP contribution >= 0.6 is 15.9 Å². The van der Waals surface area contributed by atoms with Crippen molar-refractivity contribution in [2.45, 2.75) is 26.1 Å². The molecule has 31 heavy (non-hydrogen) atoms. The Labute approximate surface area is 182 Å². The van der Waals surface area contributed by atoms with Gasteiger partial charge >= 0.3 is 12.1 Å². The second kappa shape index (κ2) is 9.01. The maximum atomic E-state index is 13.6. The number of fused-ring (bicyclic) bond motifs is 1. The molecule has 6 nitrogen and oxygen atoms in total. The Morgan fingerprint density at radius 1 is 1.16 bits per heavy atom. The van der Waals surface area contributed by atoms with Gasteiger partial charge in [0.15, 0.2) is 6.61 Å². The molecule has 0 bridgehead atoms. The predicted octanol–water partition coefficient (Wildman–Crippen LogP) is 5.70. The van der Waals surface area contributed by atoms with E-state index in [1.165, 1.54) is 18.2 Å². The van der Waals surface area contributed by atoms with Crippen molar-refractivity contribution in [3.8, 4) is 17.2 Å². The minimum absolute atomic E-state index is 0.0169. The standard InChI is InChI=1S/C21H16BrF3O6/c1-11(2)29-17(26)10-28-12-7-8-13-16(9-12)31-20(21(23,24)25)19(18(13)27)30-15-6-4-3-5-14(15)22/h3-9,11H,10H2,1-2H3. The summed E-state index contributed by atoms with van der Waals surface area (Å²) in [6.45, 7) is 2.87. The van der Waals surface area contributed by atoms with Crippen LogP contribution in [0.2, 0.25) is 0 Å². The van der Waals surface area contributed by atoms with Crippen molar-refractivity contribution in [3.05, 3.63) is 62.9 Å². The van der Waals surface area contributed by atoms with Crippen LogP contribution in [0.15, 0.2) is 56.1 Å². The first-order chi connectivity index (χ1) is 14.6. The molecule has 0 aliphatic carbocycles. The summed E-state index contributed by atoms with van der Waals surface area (Å²) < 4.78 is 61.7. The lowest BCUT2D eigenvalue weighted by Crippen LogP contribution is -2.19. The number of carbonyl (C=O) groups excluding carboxylic acids is 1. The van der Waals surface area contributed by atoms with E-state index in [4.69, 9.17) is 18.6 Å². The maximum absolute atomic E-state index is 13.6. The van der Waals surface area contributed by atoms with Gasteiger partial charge in [-0.25, -0.2) is 4.79 Å². The molecule has 1 aromatic heterocycles. The Balaban J connectivity index is 2.02. The highest BCUT2D eigenvalue weighted by Crippen LogP contribution is 2.39. The largest absolute Gasteiger partial charge is 0.482 e. The summed E-state index contributed by atoms with van der Waals surface area (Å²) in [5, 5.41) is -0.146. The topological polar surface area (TPSA) is 75.0 Å². The molecule has 0 saturated heterocycles. The van der Waals surface area contributed by atoms with E-state index in [1.807, 2.05) is 0 Å². The van der Waals surface area contributed by atoms with Gasteiger partial charge < -0.3 is 18.6 Å². The number of benzene rings is 2. The summed E-state index contributed by atoms with van der Waals surface area (Å²) in [5.74, 6) is -3.17. The Morgan fingerprint density at radius 2 is 1.87 bits per heavy atom. The fourth-order valence-corrected chi connectivity index (χ4v) is 2.97. The monoisotopic (exact) mass is 500 g/mol. The summed E-state index contributed by atoms with van der Waals surface area (Å²) in [6, 6.07) is 9.80. The Bertz CT molecular complexity index is 1170. The van der Waals surface area contributed by atoms with Crippen LogP contribution in [-0.2, 0) is 15.7 Å². The van der Waals surface area contributed by atoms with Crippen molar-refractivity contribution in [2.75, 3.05) is 6.61 Å². The molecule has 0 aliphatic heterocycles. The Morgan fingerprint density at radius 3 is 2.52 bits per heavy atom. The predicted molar refractivity (Wildman–Crippen MR) is 108 cm³/mol. The Kier molecular flexibility index (Phi) is 6.59. The van der Waals surface area contributed by atoms with Crippen LogP contribution in [0.1, 0.15) is 19.6 Å². The minimum atomic E-state index is -5.00. The third-order valence-corrected chi connectivity index (χ3v) is 4.51. The van der Waals surface area contributed by atoms with Crippen molar-refractivity contribution in [1.82, 2.24) is 0 Å². The highest BCUT2D eigenvalue weighted by molar-refractivity contribution is 9.10. The van der Waals surface area contributed by atoms with Crippen LogP contribution < -0.4 is 14.9 Å². The van der Waals surface area contributed by atoms with E-state index in [9.17, 15) is 22.8 Å². The normalized spacial score (nSPS) is 11.6. The van der Waals surface area contributed by atoms with Gasteiger partial charge in [0.25, 0.3) is 5.76 Å². The number of carbonyl (C=O) groups is 1. The van der Waals surface area contributed by atoms with Crippen molar-refractivity contribution < 1.29 is 36.6 Å². The summed E-state index contributed by atoms with van der Waals surface area (Å²) >= 11 is 3.16. The molecule has 0 saturated carbocycles. The van der Waals surface area contributed by atoms with Gasteiger partial charge in [0.05, 0.1) is 16.0 Å². The van der Waals surface area contributed by atoms with E-state index in [0.29, 0.717) is 4.47 Å². The number of alkyl halides is 3. The number of hydrogen-bond donors (Lipinski definition) is 0. The maximum Gasteiger partial charge on any atom is 0.453 e. The number of esters is 1. The molecule has 3 rings (SSSR count). The molecule has 0 unspecified atom stereocenters. The molecule has 0 atom stereocenters. The van der Waals surface area contributed by atoms with Crippen LogP contribution in [0.5, 0.6) is 17.2 Å². The zero-order valence-electron chi connectivity index (χ0n) is 16.3. The van der Waals surface area contributed by atoms with Gasteiger partial charge in [0.1, 0.15) is 17.1 Å². The first-order valence-corrected chi connectivity index (χ1v) is 9.78. The number of rotatable bonds is 6. The van der Waals surface area contributed by atoms with Crippen molar-refractivity contribution in [2.24, 2.45) is 0 Å². The average molecular weight is 501 g/mol. The number of hydrogen-bond acceptors (Lipinski definition) is 6. The molecule has 2 aromatic carbocycles. The van der Waals surface area contributed by atoms with E-state index >= 15 is 0 Å². The van der Waals surface area contributed by atoms with Gasteiger partial charge in [-0.15, -0.1) is 0 Å². The van der Waals surface area contributed by atoms with Gasteiger partial charge in [-0.1, -0.05) is 12.1 Å². The van der Waals surface area contributed by atoms with Crippen molar-refractivity contribution >= 4 is 32.9 Å². The van der Waals surface area contributed by atoms with Crippen LogP contribution in [-0.4, -0.2) is 18.7 Å². The summed E-state index contributed by atoms with van der Waals surface area (Å²) in [6.07, 6.45) is -5.34. The highest BCUT2D eigenvalue weighted by Gasteiger charge is 2.40. The molecule has 1 heterocycles. The van der Waals surface area contributed by atoms with Crippen molar-refractivity contribution in [3.63, 3.8) is 0 Å². The SMILES string of the molecule is CC(C)OC(=O)COc1ccc2c(=O)c(Oc3ccccc3Br)c(C(F)(F)F)oc2c1. The van der Waals surface area contributed by atoms with E-state index in [2.05, 4.69) is 15.9 Å². The summed E-state index contributed by atoms with van der Waals surface area (Å²) in [5.41, 5.74) is -1.37. The molecule has 0 fully saturated rings. The van der Waals surface area contributed by atoms with Gasteiger partial charge in [0.2, 0.25) is 11.2 Å². The zero-order valence-corrected chi connectivity index (χ0v) is 17.9.